The predicted molar refractivity (Wildman–Crippen MR) is 92.5 cm³/mol. The van der Waals surface area contributed by atoms with Crippen molar-refractivity contribution in [2.75, 3.05) is 6.54 Å². The second-order valence-corrected chi connectivity index (χ2v) is 6.33. The van der Waals surface area contributed by atoms with Crippen LogP contribution in [-0.2, 0) is 0 Å². The van der Waals surface area contributed by atoms with Crippen LogP contribution in [0.5, 0.6) is 0 Å². The third-order valence-corrected chi connectivity index (χ3v) is 3.96. The number of hydrogen-bond donors (Lipinski definition) is 3. The Hall–Kier alpha value is -2.56. The first-order valence-corrected chi connectivity index (χ1v) is 7.90. The van der Waals surface area contributed by atoms with Crippen LogP contribution in [0, 0.1) is 19.8 Å². The Labute approximate surface area is 135 Å². The number of nitrogens with zero attached hydrogens (tertiary/aromatic N) is 1. The molecule has 0 fully saturated rings. The maximum Gasteiger partial charge on any atom is 0.253 e. The molecule has 0 aliphatic carbocycles. The number of imidazole rings is 1. The van der Waals surface area contributed by atoms with Crippen molar-refractivity contribution in [3.8, 4) is 11.5 Å². The SMILES string of the molecule is Cc1[nH]c(-c2nc3ccccc3[nH]2)c(C)c1C(=O)NCC(C)C. The van der Waals surface area contributed by atoms with Crippen molar-refractivity contribution in [2.24, 2.45) is 5.92 Å². The highest BCUT2D eigenvalue weighted by atomic mass is 16.1. The van der Waals surface area contributed by atoms with Crippen LogP contribution >= 0.6 is 0 Å². The van der Waals surface area contributed by atoms with Gasteiger partial charge in [0.25, 0.3) is 5.91 Å². The van der Waals surface area contributed by atoms with Crippen LogP contribution in [0.1, 0.15) is 35.5 Å². The minimum absolute atomic E-state index is 0.0349. The standard InChI is InChI=1S/C18H22N4O/c1-10(2)9-19-18(23)15-11(3)16(20-12(15)4)17-21-13-7-5-6-8-14(13)22-17/h5-8,10,20H,9H2,1-4H3,(H,19,23)(H,21,22). The molecule has 3 rings (SSSR count). The molecule has 1 aromatic carbocycles. The van der Waals surface area contributed by atoms with Crippen molar-refractivity contribution >= 4 is 16.9 Å². The lowest BCUT2D eigenvalue weighted by molar-refractivity contribution is 0.0948. The molecule has 120 valence electrons. The van der Waals surface area contributed by atoms with Gasteiger partial charge in [-0.25, -0.2) is 4.98 Å². The molecule has 0 saturated heterocycles. The van der Waals surface area contributed by atoms with E-state index in [2.05, 4.69) is 34.1 Å². The maximum atomic E-state index is 12.4. The Bertz CT molecular complexity index is 824. The van der Waals surface area contributed by atoms with Gasteiger partial charge in [-0.2, -0.15) is 0 Å². The number of carbonyl (C=O) groups is 1. The highest BCUT2D eigenvalue weighted by Gasteiger charge is 2.20. The molecule has 5 nitrogen and oxygen atoms in total. The summed E-state index contributed by atoms with van der Waals surface area (Å²) in [5.41, 5.74) is 5.26. The summed E-state index contributed by atoms with van der Waals surface area (Å²) in [6, 6.07) is 7.90. The van der Waals surface area contributed by atoms with Gasteiger partial charge in [-0.05, 0) is 37.5 Å². The topological polar surface area (TPSA) is 73.6 Å². The van der Waals surface area contributed by atoms with Crippen molar-refractivity contribution < 1.29 is 4.79 Å². The molecule has 1 amide bonds. The normalized spacial score (nSPS) is 11.3. The first-order chi connectivity index (χ1) is 11.0. The highest BCUT2D eigenvalue weighted by molar-refractivity contribution is 5.98. The van der Waals surface area contributed by atoms with Gasteiger partial charge in [0.05, 0.1) is 22.3 Å². The molecule has 0 saturated carbocycles. The summed E-state index contributed by atoms with van der Waals surface area (Å²) in [5.74, 6) is 1.15. The fourth-order valence-corrected chi connectivity index (χ4v) is 2.78. The zero-order chi connectivity index (χ0) is 16.6. The Kier molecular flexibility index (Phi) is 3.94. The van der Waals surface area contributed by atoms with Crippen molar-refractivity contribution in [3.05, 3.63) is 41.1 Å². The van der Waals surface area contributed by atoms with E-state index in [1.165, 1.54) is 0 Å². The highest BCUT2D eigenvalue weighted by Crippen LogP contribution is 2.27. The second kappa shape index (κ2) is 5.91. The number of H-pyrrole nitrogens is 2. The first-order valence-electron chi connectivity index (χ1n) is 7.90. The fourth-order valence-electron chi connectivity index (χ4n) is 2.78. The molecular weight excluding hydrogens is 288 g/mol. The summed E-state index contributed by atoms with van der Waals surface area (Å²) in [6.07, 6.45) is 0. The van der Waals surface area contributed by atoms with Crippen LogP contribution in [0.15, 0.2) is 24.3 Å². The van der Waals surface area contributed by atoms with Crippen molar-refractivity contribution in [1.29, 1.82) is 0 Å². The van der Waals surface area contributed by atoms with Crippen molar-refractivity contribution in [3.63, 3.8) is 0 Å². The molecule has 3 N–H and O–H groups in total. The van der Waals surface area contributed by atoms with Crippen LogP contribution in [0.2, 0.25) is 0 Å². The summed E-state index contributed by atoms with van der Waals surface area (Å²) < 4.78 is 0. The maximum absolute atomic E-state index is 12.4. The van der Waals surface area contributed by atoms with Gasteiger partial charge in [-0.1, -0.05) is 26.0 Å². The zero-order valence-corrected chi connectivity index (χ0v) is 13.9. The number of rotatable bonds is 4. The average molecular weight is 310 g/mol. The zero-order valence-electron chi connectivity index (χ0n) is 13.9. The van der Waals surface area contributed by atoms with Gasteiger partial charge >= 0.3 is 0 Å². The summed E-state index contributed by atoms with van der Waals surface area (Å²) in [5, 5.41) is 2.98. The van der Waals surface area contributed by atoms with E-state index >= 15 is 0 Å². The lowest BCUT2D eigenvalue weighted by Crippen LogP contribution is -2.28. The minimum atomic E-state index is -0.0349. The van der Waals surface area contributed by atoms with Gasteiger partial charge in [0, 0.05) is 12.2 Å². The number of para-hydroxylation sites is 2. The summed E-state index contributed by atoms with van der Waals surface area (Å²) in [6.45, 7) is 8.70. The molecule has 0 radical (unpaired) electrons. The van der Waals surface area contributed by atoms with E-state index in [1.54, 1.807) is 0 Å². The molecule has 3 aromatic rings. The van der Waals surface area contributed by atoms with E-state index in [0.717, 1.165) is 33.8 Å². The number of hydrogen-bond acceptors (Lipinski definition) is 2. The molecule has 0 bridgehead atoms. The summed E-state index contributed by atoms with van der Waals surface area (Å²) in [4.78, 5) is 23.7. The molecule has 0 unspecified atom stereocenters. The molecule has 0 aliphatic rings. The number of benzene rings is 1. The van der Waals surface area contributed by atoms with Gasteiger partial charge in [-0.3, -0.25) is 4.79 Å². The lowest BCUT2D eigenvalue weighted by atomic mass is 10.1. The van der Waals surface area contributed by atoms with Crippen LogP contribution in [0.3, 0.4) is 0 Å². The molecule has 2 heterocycles. The molecule has 0 aliphatic heterocycles. The van der Waals surface area contributed by atoms with E-state index in [0.29, 0.717) is 18.0 Å². The average Bonchev–Trinajstić information content (AvgIpc) is 3.05. The number of aromatic amines is 2. The van der Waals surface area contributed by atoms with Crippen LogP contribution < -0.4 is 5.32 Å². The quantitative estimate of drug-likeness (QED) is 0.689. The smallest absolute Gasteiger partial charge is 0.253 e. The van der Waals surface area contributed by atoms with Gasteiger partial charge in [0.15, 0.2) is 5.82 Å². The minimum Gasteiger partial charge on any atom is -0.355 e. The van der Waals surface area contributed by atoms with E-state index < -0.39 is 0 Å². The Morgan fingerprint density at radius 1 is 1.22 bits per heavy atom. The Morgan fingerprint density at radius 2 is 1.96 bits per heavy atom. The van der Waals surface area contributed by atoms with Crippen molar-refractivity contribution in [1.82, 2.24) is 20.3 Å². The third-order valence-electron chi connectivity index (χ3n) is 3.96. The van der Waals surface area contributed by atoms with Crippen LogP contribution in [0.4, 0.5) is 0 Å². The van der Waals surface area contributed by atoms with Crippen molar-refractivity contribution in [2.45, 2.75) is 27.7 Å². The number of aromatic nitrogens is 3. The predicted octanol–water partition coefficient (Wildman–Crippen LogP) is 3.56. The largest absolute Gasteiger partial charge is 0.355 e. The number of nitrogens with one attached hydrogen (secondary N) is 3. The molecule has 23 heavy (non-hydrogen) atoms. The van der Waals surface area contributed by atoms with E-state index in [9.17, 15) is 4.79 Å². The Balaban J connectivity index is 1.98. The molecule has 0 spiro atoms. The number of amides is 1. The Morgan fingerprint density at radius 3 is 2.65 bits per heavy atom. The molecular formula is C18H22N4O. The van der Waals surface area contributed by atoms with Gasteiger partial charge in [-0.15, -0.1) is 0 Å². The molecule has 5 heteroatoms. The first kappa shape index (κ1) is 15.3. The lowest BCUT2D eigenvalue weighted by Gasteiger charge is -2.08. The monoisotopic (exact) mass is 310 g/mol. The number of fused-ring (bicyclic) bond motifs is 1. The second-order valence-electron chi connectivity index (χ2n) is 6.33. The fraction of sp³-hybridized carbons (Fsp3) is 0.333. The number of aryl methyl sites for hydroxylation is 1. The summed E-state index contributed by atoms with van der Waals surface area (Å²) >= 11 is 0. The molecule has 2 aromatic heterocycles. The van der Waals surface area contributed by atoms with Crippen LogP contribution in [0.25, 0.3) is 22.6 Å². The van der Waals surface area contributed by atoms with Gasteiger partial charge < -0.3 is 15.3 Å². The van der Waals surface area contributed by atoms with E-state index in [4.69, 9.17) is 0 Å². The van der Waals surface area contributed by atoms with Gasteiger partial charge in [0.1, 0.15) is 0 Å². The van der Waals surface area contributed by atoms with Gasteiger partial charge in [0.2, 0.25) is 0 Å². The van der Waals surface area contributed by atoms with E-state index in [1.807, 2.05) is 38.1 Å². The number of carbonyl (C=O) groups excluding carboxylic acids is 1. The molecule has 0 atom stereocenters. The third kappa shape index (κ3) is 2.86. The van der Waals surface area contributed by atoms with E-state index in [-0.39, 0.29) is 5.91 Å². The summed E-state index contributed by atoms with van der Waals surface area (Å²) in [7, 11) is 0. The van der Waals surface area contributed by atoms with Crippen LogP contribution in [-0.4, -0.2) is 27.4 Å².